The van der Waals surface area contributed by atoms with Crippen LogP contribution in [0, 0.1) is 0 Å². The van der Waals surface area contributed by atoms with Crippen LogP contribution in [-0.4, -0.2) is 41.5 Å². The molecule has 0 bridgehead atoms. The molecule has 104 valence electrons. The highest BCUT2D eigenvalue weighted by Gasteiger charge is 2.21. The lowest BCUT2D eigenvalue weighted by molar-refractivity contribution is 0.155. The minimum absolute atomic E-state index is 0.00326. The Morgan fingerprint density at radius 1 is 1.33 bits per heavy atom. The maximum absolute atomic E-state index is 5.56. The summed E-state index contributed by atoms with van der Waals surface area (Å²) >= 11 is 7.02. The lowest BCUT2D eigenvalue weighted by Gasteiger charge is -2.19. The van der Waals surface area contributed by atoms with Crippen LogP contribution < -0.4 is 4.90 Å². The first-order valence-electron chi connectivity index (χ1n) is 6.22. The molecule has 0 saturated heterocycles. The first-order valence-corrected chi connectivity index (χ1v) is 7.52. The Hall–Kier alpha value is -0.390. The molecule has 0 aromatic carbocycles. The van der Waals surface area contributed by atoms with Crippen LogP contribution in [0.1, 0.15) is 33.5 Å². The van der Waals surface area contributed by atoms with Crippen LogP contribution in [0.3, 0.4) is 0 Å². The minimum Gasteiger partial charge on any atom is -0.378 e. The molecule has 0 aliphatic heterocycles. The van der Waals surface area contributed by atoms with Gasteiger partial charge in [-0.25, -0.2) is 4.98 Å². The van der Waals surface area contributed by atoms with Crippen LogP contribution in [0.25, 0.3) is 0 Å². The number of alkyl halides is 1. The van der Waals surface area contributed by atoms with Crippen molar-refractivity contribution in [2.75, 3.05) is 37.1 Å². The van der Waals surface area contributed by atoms with Gasteiger partial charge in [0.05, 0.1) is 13.2 Å². The smallest absolute Gasteiger partial charge is 0.205 e. The summed E-state index contributed by atoms with van der Waals surface area (Å²) < 4.78 is 9.82. The molecule has 18 heavy (non-hydrogen) atoms. The zero-order chi connectivity index (χ0) is 13.6. The van der Waals surface area contributed by atoms with Crippen molar-refractivity contribution in [1.82, 2.24) is 9.36 Å². The van der Waals surface area contributed by atoms with Crippen molar-refractivity contribution >= 4 is 28.3 Å². The molecular formula is C12H22ClN3OS. The molecule has 0 aliphatic rings. The summed E-state index contributed by atoms with van der Waals surface area (Å²) in [5.74, 6) is 1.45. The maximum atomic E-state index is 5.56. The van der Waals surface area contributed by atoms with Crippen LogP contribution in [0.5, 0.6) is 0 Å². The number of hydrogen-bond acceptors (Lipinski definition) is 5. The maximum Gasteiger partial charge on any atom is 0.205 e. The van der Waals surface area contributed by atoms with E-state index >= 15 is 0 Å². The number of rotatable bonds is 7. The lowest BCUT2D eigenvalue weighted by Crippen LogP contribution is -2.27. The average molecular weight is 292 g/mol. The summed E-state index contributed by atoms with van der Waals surface area (Å²) in [4.78, 5) is 6.78. The van der Waals surface area contributed by atoms with Gasteiger partial charge in [-0.1, -0.05) is 20.8 Å². The monoisotopic (exact) mass is 291 g/mol. The van der Waals surface area contributed by atoms with Crippen LogP contribution in [0.2, 0.25) is 0 Å². The predicted octanol–water partition coefficient (Wildman–Crippen LogP) is 2.92. The molecule has 0 spiro atoms. The number of ether oxygens (including phenoxy) is 1. The van der Waals surface area contributed by atoms with Gasteiger partial charge in [0, 0.05) is 35.9 Å². The fourth-order valence-corrected chi connectivity index (χ4v) is 2.42. The normalized spacial score (nSPS) is 11.8. The average Bonchev–Trinajstić information content (AvgIpc) is 2.78. The van der Waals surface area contributed by atoms with Gasteiger partial charge in [-0.05, 0) is 6.92 Å². The Morgan fingerprint density at radius 3 is 2.56 bits per heavy atom. The van der Waals surface area contributed by atoms with Crippen molar-refractivity contribution in [3.63, 3.8) is 0 Å². The van der Waals surface area contributed by atoms with Crippen LogP contribution in [-0.2, 0) is 10.2 Å². The molecule has 0 N–H and O–H groups in total. The van der Waals surface area contributed by atoms with E-state index in [2.05, 4.69) is 42.0 Å². The van der Waals surface area contributed by atoms with Crippen LogP contribution >= 0.6 is 23.1 Å². The van der Waals surface area contributed by atoms with E-state index in [-0.39, 0.29) is 5.41 Å². The third-order valence-electron chi connectivity index (χ3n) is 2.47. The molecule has 1 rings (SSSR count). The minimum atomic E-state index is 0.00326. The summed E-state index contributed by atoms with van der Waals surface area (Å²) in [5, 5.41) is 0.969. The molecule has 0 aliphatic carbocycles. The fourth-order valence-electron chi connectivity index (χ4n) is 1.37. The second-order valence-corrected chi connectivity index (χ2v) is 6.14. The summed E-state index contributed by atoms with van der Waals surface area (Å²) in [6, 6.07) is 0. The first kappa shape index (κ1) is 15.7. The molecule has 1 heterocycles. The van der Waals surface area contributed by atoms with E-state index < -0.39 is 0 Å². The molecule has 4 nitrogen and oxygen atoms in total. The van der Waals surface area contributed by atoms with Gasteiger partial charge in [-0.3, -0.25) is 0 Å². The quantitative estimate of drug-likeness (QED) is 0.572. The zero-order valence-corrected chi connectivity index (χ0v) is 13.1. The number of anilines is 1. The highest BCUT2D eigenvalue weighted by Crippen LogP contribution is 2.25. The van der Waals surface area contributed by atoms with Gasteiger partial charge in [0.2, 0.25) is 5.13 Å². The second-order valence-electron chi connectivity index (χ2n) is 5.03. The molecule has 0 unspecified atom stereocenters. The molecular weight excluding hydrogens is 270 g/mol. The number of nitrogens with zero attached hydrogens (tertiary/aromatic N) is 3. The summed E-state index contributed by atoms with van der Waals surface area (Å²) in [6.07, 6.45) is 0. The molecule has 1 aromatic rings. The number of halogens is 1. The number of hydrogen-bond donors (Lipinski definition) is 0. The highest BCUT2D eigenvalue weighted by atomic mass is 35.5. The number of likely N-dealkylation sites (N-methyl/N-ethyl adjacent to an activating group) is 1. The van der Waals surface area contributed by atoms with Gasteiger partial charge in [0.1, 0.15) is 5.82 Å². The molecule has 0 radical (unpaired) electrons. The molecule has 1 aromatic heterocycles. The predicted molar refractivity (Wildman–Crippen MR) is 78.0 cm³/mol. The van der Waals surface area contributed by atoms with Crippen molar-refractivity contribution in [2.24, 2.45) is 0 Å². The van der Waals surface area contributed by atoms with E-state index in [4.69, 9.17) is 16.3 Å². The van der Waals surface area contributed by atoms with Crippen LogP contribution in [0.15, 0.2) is 0 Å². The topological polar surface area (TPSA) is 38.2 Å². The molecule has 0 atom stereocenters. The van der Waals surface area contributed by atoms with Crippen molar-refractivity contribution in [3.8, 4) is 0 Å². The SMILES string of the molecule is CCN(CCOCCCl)c1nc(C(C)(C)C)ns1. The van der Waals surface area contributed by atoms with E-state index in [1.165, 1.54) is 11.5 Å². The van der Waals surface area contributed by atoms with E-state index in [0.717, 1.165) is 24.0 Å². The highest BCUT2D eigenvalue weighted by molar-refractivity contribution is 7.09. The van der Waals surface area contributed by atoms with Crippen molar-refractivity contribution in [3.05, 3.63) is 5.82 Å². The fraction of sp³-hybridized carbons (Fsp3) is 0.833. The van der Waals surface area contributed by atoms with Crippen molar-refractivity contribution in [2.45, 2.75) is 33.1 Å². The second kappa shape index (κ2) is 7.26. The largest absolute Gasteiger partial charge is 0.378 e. The van der Waals surface area contributed by atoms with E-state index in [9.17, 15) is 0 Å². The van der Waals surface area contributed by atoms with Gasteiger partial charge >= 0.3 is 0 Å². The Labute approximate surface area is 118 Å². The molecule has 0 amide bonds. The van der Waals surface area contributed by atoms with Gasteiger partial charge in [0.25, 0.3) is 0 Å². The standard InChI is InChI=1S/C12H22ClN3OS/c1-5-16(7-9-17-8-6-13)11-14-10(15-18-11)12(2,3)4/h5-9H2,1-4H3. The molecule has 6 heteroatoms. The van der Waals surface area contributed by atoms with E-state index in [0.29, 0.717) is 19.1 Å². The molecule has 0 fully saturated rings. The first-order chi connectivity index (χ1) is 8.49. The third-order valence-corrected chi connectivity index (χ3v) is 3.40. The van der Waals surface area contributed by atoms with Gasteiger partial charge in [-0.15, -0.1) is 11.6 Å². The Bertz CT molecular complexity index is 351. The summed E-state index contributed by atoms with van der Waals surface area (Å²) in [5.41, 5.74) is 0.00326. The zero-order valence-electron chi connectivity index (χ0n) is 11.6. The van der Waals surface area contributed by atoms with Gasteiger partial charge < -0.3 is 9.64 Å². The van der Waals surface area contributed by atoms with E-state index in [1.807, 2.05) is 0 Å². The van der Waals surface area contributed by atoms with E-state index in [1.54, 1.807) is 0 Å². The Morgan fingerprint density at radius 2 is 2.06 bits per heavy atom. The summed E-state index contributed by atoms with van der Waals surface area (Å²) in [6.45, 7) is 11.5. The number of aromatic nitrogens is 2. The Kier molecular flexibility index (Phi) is 6.32. The third kappa shape index (κ3) is 4.71. The van der Waals surface area contributed by atoms with Crippen LogP contribution in [0.4, 0.5) is 5.13 Å². The summed E-state index contributed by atoms with van der Waals surface area (Å²) in [7, 11) is 0. The van der Waals surface area contributed by atoms with Gasteiger partial charge in [-0.2, -0.15) is 4.37 Å². The molecule has 0 saturated carbocycles. The van der Waals surface area contributed by atoms with Gasteiger partial charge in [0.15, 0.2) is 0 Å². The Balaban J connectivity index is 2.57. The van der Waals surface area contributed by atoms with Crippen molar-refractivity contribution in [1.29, 1.82) is 0 Å². The lowest BCUT2D eigenvalue weighted by atomic mass is 9.96. The van der Waals surface area contributed by atoms with Crippen molar-refractivity contribution < 1.29 is 4.74 Å².